The Kier molecular flexibility index (Phi) is 2.42. The second kappa shape index (κ2) is 3.72. The second-order valence-corrected chi connectivity index (χ2v) is 5.85. The first-order valence-corrected chi connectivity index (χ1v) is 6.66. The van der Waals surface area contributed by atoms with E-state index in [9.17, 15) is 4.79 Å². The number of esters is 1. The van der Waals surface area contributed by atoms with Crippen molar-refractivity contribution in [3.05, 3.63) is 22.3 Å². The molecule has 0 aromatic carbocycles. The van der Waals surface area contributed by atoms with Gasteiger partial charge in [0.05, 0.1) is 5.92 Å². The molecule has 3 aliphatic rings. The molecule has 92 valence electrons. The Bertz CT molecular complexity index is 442. The van der Waals surface area contributed by atoms with E-state index < -0.39 is 0 Å². The zero-order valence-electron chi connectivity index (χ0n) is 10.9. The topological polar surface area (TPSA) is 26.3 Å². The number of allylic oxidation sites excluding steroid dienone is 3. The van der Waals surface area contributed by atoms with Gasteiger partial charge >= 0.3 is 5.97 Å². The van der Waals surface area contributed by atoms with Crippen molar-refractivity contribution < 1.29 is 9.53 Å². The van der Waals surface area contributed by atoms with Gasteiger partial charge in [0.1, 0.15) is 6.10 Å². The van der Waals surface area contributed by atoms with Gasteiger partial charge in [0.2, 0.25) is 0 Å². The van der Waals surface area contributed by atoms with Crippen LogP contribution in [0.4, 0.5) is 0 Å². The van der Waals surface area contributed by atoms with Gasteiger partial charge in [-0.25, -0.2) is 0 Å². The van der Waals surface area contributed by atoms with E-state index in [1.54, 1.807) is 11.1 Å². The lowest BCUT2D eigenvalue weighted by atomic mass is 9.85. The standard InChI is InChI=1S/C15H20O2/c1-8-4-5-11-9(2)6-14-13(7-12(8)11)10(3)15(16)17-14/h10,13-14H,4-7H2,1-3H3/t10-,13-,14+/m1/s1. The molecule has 0 unspecified atom stereocenters. The van der Waals surface area contributed by atoms with E-state index >= 15 is 0 Å². The van der Waals surface area contributed by atoms with Gasteiger partial charge in [-0.3, -0.25) is 4.79 Å². The summed E-state index contributed by atoms with van der Waals surface area (Å²) < 4.78 is 5.53. The molecule has 0 amide bonds. The molecule has 1 saturated heterocycles. The normalized spacial score (nSPS) is 36.9. The quantitative estimate of drug-likeness (QED) is 0.598. The third-order valence-corrected chi connectivity index (χ3v) is 4.85. The fourth-order valence-corrected chi connectivity index (χ4v) is 3.64. The molecule has 0 aromatic rings. The maximum absolute atomic E-state index is 11.7. The maximum Gasteiger partial charge on any atom is 0.309 e. The maximum atomic E-state index is 11.7. The zero-order chi connectivity index (χ0) is 12.2. The second-order valence-electron chi connectivity index (χ2n) is 5.85. The van der Waals surface area contributed by atoms with Crippen molar-refractivity contribution in [2.75, 3.05) is 0 Å². The highest BCUT2D eigenvalue weighted by molar-refractivity contribution is 5.75. The largest absolute Gasteiger partial charge is 0.461 e. The minimum Gasteiger partial charge on any atom is -0.461 e. The first-order chi connectivity index (χ1) is 8.08. The van der Waals surface area contributed by atoms with Crippen molar-refractivity contribution in [2.45, 2.75) is 52.6 Å². The molecule has 2 nitrogen and oxygen atoms in total. The van der Waals surface area contributed by atoms with Gasteiger partial charge in [0.25, 0.3) is 0 Å². The summed E-state index contributed by atoms with van der Waals surface area (Å²) in [6.07, 6.45) is 4.55. The smallest absolute Gasteiger partial charge is 0.309 e. The molecule has 0 spiro atoms. The van der Waals surface area contributed by atoms with Gasteiger partial charge in [0, 0.05) is 12.3 Å². The Labute approximate surface area is 103 Å². The SMILES string of the molecule is CC1=C2CCC(C)=C2C[C@H]2[C@H](C1)OC(=O)[C@@H]2C. The van der Waals surface area contributed by atoms with Crippen LogP contribution in [0.1, 0.15) is 46.5 Å². The lowest BCUT2D eigenvalue weighted by Gasteiger charge is -2.17. The molecule has 2 aliphatic carbocycles. The van der Waals surface area contributed by atoms with E-state index in [1.165, 1.54) is 24.0 Å². The molecular weight excluding hydrogens is 212 g/mol. The third-order valence-electron chi connectivity index (χ3n) is 4.85. The Morgan fingerprint density at radius 1 is 1.06 bits per heavy atom. The van der Waals surface area contributed by atoms with Gasteiger partial charge in [-0.15, -0.1) is 0 Å². The van der Waals surface area contributed by atoms with E-state index in [2.05, 4.69) is 13.8 Å². The first-order valence-electron chi connectivity index (χ1n) is 6.66. The molecule has 0 aromatic heterocycles. The van der Waals surface area contributed by atoms with Crippen LogP contribution in [-0.2, 0) is 9.53 Å². The van der Waals surface area contributed by atoms with Crippen molar-refractivity contribution in [3.63, 3.8) is 0 Å². The van der Waals surface area contributed by atoms with Crippen LogP contribution in [-0.4, -0.2) is 12.1 Å². The molecule has 1 heterocycles. The van der Waals surface area contributed by atoms with Gasteiger partial charge in [-0.1, -0.05) is 18.1 Å². The summed E-state index contributed by atoms with van der Waals surface area (Å²) in [6.45, 7) is 6.49. The molecular formula is C15H20O2. The summed E-state index contributed by atoms with van der Waals surface area (Å²) in [5, 5.41) is 0. The Hall–Kier alpha value is -1.05. The van der Waals surface area contributed by atoms with Crippen LogP contribution in [0.15, 0.2) is 22.3 Å². The summed E-state index contributed by atoms with van der Waals surface area (Å²) in [7, 11) is 0. The van der Waals surface area contributed by atoms with Crippen LogP contribution in [0.2, 0.25) is 0 Å². The Morgan fingerprint density at radius 2 is 1.82 bits per heavy atom. The van der Waals surface area contributed by atoms with E-state index in [-0.39, 0.29) is 18.0 Å². The van der Waals surface area contributed by atoms with Gasteiger partial charge in [-0.2, -0.15) is 0 Å². The highest BCUT2D eigenvalue weighted by Gasteiger charge is 2.44. The van der Waals surface area contributed by atoms with Gasteiger partial charge in [0.15, 0.2) is 0 Å². The summed E-state index contributed by atoms with van der Waals surface area (Å²) >= 11 is 0. The molecule has 0 saturated carbocycles. The lowest BCUT2D eigenvalue weighted by Crippen LogP contribution is -2.18. The zero-order valence-corrected chi connectivity index (χ0v) is 10.9. The Morgan fingerprint density at radius 3 is 2.59 bits per heavy atom. The number of hydrogen-bond acceptors (Lipinski definition) is 2. The number of carbonyl (C=O) groups excluding carboxylic acids is 1. The molecule has 0 bridgehead atoms. The molecule has 1 aliphatic heterocycles. The summed E-state index contributed by atoms with van der Waals surface area (Å²) in [4.78, 5) is 11.7. The van der Waals surface area contributed by atoms with Gasteiger partial charge < -0.3 is 4.74 Å². The molecule has 17 heavy (non-hydrogen) atoms. The van der Waals surface area contributed by atoms with Crippen LogP contribution in [0.3, 0.4) is 0 Å². The highest BCUT2D eigenvalue weighted by atomic mass is 16.6. The number of ether oxygens (including phenoxy) is 1. The van der Waals surface area contributed by atoms with Crippen LogP contribution >= 0.6 is 0 Å². The van der Waals surface area contributed by atoms with E-state index in [0.29, 0.717) is 5.92 Å². The van der Waals surface area contributed by atoms with Crippen LogP contribution in [0.5, 0.6) is 0 Å². The average Bonchev–Trinajstić information content (AvgIpc) is 2.71. The minimum atomic E-state index is 0.00694. The molecule has 3 atom stereocenters. The molecule has 0 radical (unpaired) electrons. The first kappa shape index (κ1) is 11.1. The van der Waals surface area contributed by atoms with Crippen LogP contribution in [0, 0.1) is 11.8 Å². The summed E-state index contributed by atoms with van der Waals surface area (Å²) in [6, 6.07) is 0. The van der Waals surface area contributed by atoms with E-state index in [4.69, 9.17) is 4.74 Å². The van der Waals surface area contributed by atoms with E-state index in [0.717, 1.165) is 12.8 Å². The average molecular weight is 232 g/mol. The van der Waals surface area contributed by atoms with Crippen molar-refractivity contribution >= 4 is 5.97 Å². The predicted octanol–water partition coefficient (Wildman–Crippen LogP) is 3.38. The van der Waals surface area contributed by atoms with E-state index in [1.807, 2.05) is 6.92 Å². The number of rotatable bonds is 0. The van der Waals surface area contributed by atoms with Crippen molar-refractivity contribution in [2.24, 2.45) is 11.8 Å². The molecule has 0 N–H and O–H groups in total. The number of fused-ring (bicyclic) bond motifs is 2. The van der Waals surface area contributed by atoms with Crippen molar-refractivity contribution in [1.82, 2.24) is 0 Å². The number of carbonyl (C=O) groups is 1. The predicted molar refractivity (Wildman–Crippen MR) is 66.4 cm³/mol. The summed E-state index contributed by atoms with van der Waals surface area (Å²) in [5.74, 6) is 0.485. The fourth-order valence-electron chi connectivity index (χ4n) is 3.64. The highest BCUT2D eigenvalue weighted by Crippen LogP contribution is 2.46. The van der Waals surface area contributed by atoms with Gasteiger partial charge in [-0.05, 0) is 44.3 Å². The monoisotopic (exact) mass is 232 g/mol. The molecule has 1 fully saturated rings. The van der Waals surface area contributed by atoms with Crippen molar-refractivity contribution in [3.8, 4) is 0 Å². The third kappa shape index (κ3) is 1.57. The lowest BCUT2D eigenvalue weighted by molar-refractivity contribution is -0.143. The number of hydrogen-bond donors (Lipinski definition) is 0. The van der Waals surface area contributed by atoms with Crippen molar-refractivity contribution in [1.29, 1.82) is 0 Å². The Balaban J connectivity index is 2.00. The molecule has 2 heteroatoms. The molecule has 3 rings (SSSR count). The fraction of sp³-hybridized carbons (Fsp3) is 0.667. The van der Waals surface area contributed by atoms with Crippen LogP contribution < -0.4 is 0 Å². The minimum absolute atomic E-state index is 0.00694. The summed E-state index contributed by atoms with van der Waals surface area (Å²) in [5.41, 5.74) is 6.10. The van der Waals surface area contributed by atoms with Crippen LogP contribution in [0.25, 0.3) is 0 Å².